The second-order valence-corrected chi connectivity index (χ2v) is 6.79. The Morgan fingerprint density at radius 1 is 0.828 bits per heavy atom. The third-order valence-corrected chi connectivity index (χ3v) is 5.05. The van der Waals surface area contributed by atoms with Crippen molar-refractivity contribution in [3.63, 3.8) is 0 Å². The summed E-state index contributed by atoms with van der Waals surface area (Å²) in [6.07, 6.45) is 0. The molecule has 0 aliphatic carbocycles. The average Bonchev–Trinajstić information content (AvgIpc) is 2.78. The van der Waals surface area contributed by atoms with Gasteiger partial charge in [0.25, 0.3) is 5.91 Å². The molecule has 2 aromatic rings. The molecule has 1 aliphatic heterocycles. The number of methoxy groups -OCH3 is 3. The number of hydrogen-bond donors (Lipinski definition) is 0. The summed E-state index contributed by atoms with van der Waals surface area (Å²) in [6, 6.07) is 12.3. The molecule has 29 heavy (non-hydrogen) atoms. The Kier molecular flexibility index (Phi) is 6.72. The number of ketones is 1. The van der Waals surface area contributed by atoms with Gasteiger partial charge in [-0.05, 0) is 36.4 Å². The van der Waals surface area contributed by atoms with Crippen LogP contribution in [0.1, 0.15) is 20.7 Å². The molecule has 0 unspecified atom stereocenters. The molecular weight excluding hydrogens is 372 g/mol. The zero-order valence-electron chi connectivity index (χ0n) is 17.0. The van der Waals surface area contributed by atoms with Gasteiger partial charge in [-0.2, -0.15) is 0 Å². The van der Waals surface area contributed by atoms with Crippen molar-refractivity contribution in [3.05, 3.63) is 53.6 Å². The van der Waals surface area contributed by atoms with Crippen molar-refractivity contribution in [2.75, 3.05) is 54.1 Å². The van der Waals surface area contributed by atoms with E-state index in [1.54, 1.807) is 51.7 Å². The molecule has 0 atom stereocenters. The highest BCUT2D eigenvalue weighted by atomic mass is 16.5. The zero-order valence-corrected chi connectivity index (χ0v) is 17.0. The molecule has 1 saturated heterocycles. The fourth-order valence-corrected chi connectivity index (χ4v) is 3.35. The van der Waals surface area contributed by atoms with E-state index in [0.717, 1.165) is 0 Å². The Labute approximate surface area is 170 Å². The van der Waals surface area contributed by atoms with E-state index in [-0.39, 0.29) is 11.7 Å². The normalized spacial score (nSPS) is 14.4. The van der Waals surface area contributed by atoms with E-state index >= 15 is 0 Å². The van der Waals surface area contributed by atoms with Crippen LogP contribution in [0.4, 0.5) is 0 Å². The first-order chi connectivity index (χ1) is 14.0. The van der Waals surface area contributed by atoms with E-state index in [1.807, 2.05) is 17.0 Å². The first kappa shape index (κ1) is 20.7. The molecule has 0 bridgehead atoms. The minimum Gasteiger partial charge on any atom is -0.497 e. The van der Waals surface area contributed by atoms with Crippen molar-refractivity contribution in [1.82, 2.24) is 9.80 Å². The van der Waals surface area contributed by atoms with E-state index in [0.29, 0.717) is 61.1 Å². The molecule has 7 heteroatoms. The number of rotatable bonds is 7. The van der Waals surface area contributed by atoms with Crippen LogP contribution in [0.25, 0.3) is 0 Å². The summed E-state index contributed by atoms with van der Waals surface area (Å²) in [4.78, 5) is 29.2. The number of Topliss-reactive ketones (excluding diaryl/α,β-unsaturated/α-hetero) is 1. The predicted molar refractivity (Wildman–Crippen MR) is 109 cm³/mol. The number of carbonyl (C=O) groups is 2. The Morgan fingerprint density at radius 2 is 1.55 bits per heavy atom. The highest BCUT2D eigenvalue weighted by molar-refractivity contribution is 5.98. The molecule has 1 amide bonds. The molecule has 0 radical (unpaired) electrons. The van der Waals surface area contributed by atoms with Crippen LogP contribution in [0.3, 0.4) is 0 Å². The summed E-state index contributed by atoms with van der Waals surface area (Å²) < 4.78 is 15.7. The van der Waals surface area contributed by atoms with E-state index in [4.69, 9.17) is 14.2 Å². The van der Waals surface area contributed by atoms with Crippen LogP contribution < -0.4 is 14.2 Å². The van der Waals surface area contributed by atoms with Gasteiger partial charge in [0.1, 0.15) is 5.75 Å². The number of ether oxygens (including phenoxy) is 3. The van der Waals surface area contributed by atoms with Crippen LogP contribution in [0, 0.1) is 0 Å². The smallest absolute Gasteiger partial charge is 0.254 e. The predicted octanol–water partition coefficient (Wildman–Crippen LogP) is 2.35. The largest absolute Gasteiger partial charge is 0.497 e. The highest BCUT2D eigenvalue weighted by Crippen LogP contribution is 2.27. The number of piperazine rings is 1. The summed E-state index contributed by atoms with van der Waals surface area (Å²) in [6.45, 7) is 2.75. The maximum atomic E-state index is 12.7. The molecule has 0 saturated carbocycles. The van der Waals surface area contributed by atoms with Crippen LogP contribution in [0.15, 0.2) is 42.5 Å². The Hall–Kier alpha value is -3.06. The Balaban J connectivity index is 1.57. The van der Waals surface area contributed by atoms with Gasteiger partial charge < -0.3 is 19.1 Å². The number of benzene rings is 2. The van der Waals surface area contributed by atoms with Crippen LogP contribution in [0.5, 0.6) is 17.2 Å². The lowest BCUT2D eigenvalue weighted by Gasteiger charge is -2.34. The van der Waals surface area contributed by atoms with Crippen LogP contribution in [-0.4, -0.2) is 75.5 Å². The van der Waals surface area contributed by atoms with Crippen molar-refractivity contribution in [2.45, 2.75) is 0 Å². The maximum Gasteiger partial charge on any atom is 0.254 e. The molecule has 0 N–H and O–H groups in total. The minimum atomic E-state index is -0.0187. The second-order valence-electron chi connectivity index (χ2n) is 6.79. The van der Waals surface area contributed by atoms with Gasteiger partial charge in [0, 0.05) is 37.3 Å². The molecule has 1 aliphatic rings. The second kappa shape index (κ2) is 9.43. The van der Waals surface area contributed by atoms with E-state index in [2.05, 4.69) is 4.90 Å². The molecule has 0 spiro atoms. The lowest BCUT2D eigenvalue weighted by molar-refractivity contribution is 0.0624. The van der Waals surface area contributed by atoms with Crippen molar-refractivity contribution < 1.29 is 23.8 Å². The summed E-state index contributed by atoms with van der Waals surface area (Å²) >= 11 is 0. The van der Waals surface area contributed by atoms with E-state index in [9.17, 15) is 9.59 Å². The minimum absolute atomic E-state index is 0.0125. The van der Waals surface area contributed by atoms with Crippen LogP contribution in [0.2, 0.25) is 0 Å². The zero-order chi connectivity index (χ0) is 20.8. The summed E-state index contributed by atoms with van der Waals surface area (Å²) in [5.74, 6) is 1.78. The molecule has 1 heterocycles. The van der Waals surface area contributed by atoms with Crippen LogP contribution in [-0.2, 0) is 0 Å². The topological polar surface area (TPSA) is 68.3 Å². The van der Waals surface area contributed by atoms with Gasteiger partial charge in [0.2, 0.25) is 0 Å². The first-order valence-corrected chi connectivity index (χ1v) is 9.46. The number of nitrogens with zero attached hydrogens (tertiary/aromatic N) is 2. The lowest BCUT2D eigenvalue weighted by Crippen LogP contribution is -2.49. The first-order valence-electron chi connectivity index (χ1n) is 9.46. The summed E-state index contributed by atoms with van der Waals surface area (Å²) in [5, 5.41) is 0. The fourth-order valence-electron chi connectivity index (χ4n) is 3.35. The van der Waals surface area contributed by atoms with Gasteiger partial charge in [-0.1, -0.05) is 6.07 Å². The number of amides is 1. The molecule has 2 aromatic carbocycles. The lowest BCUT2D eigenvalue weighted by atomic mass is 10.1. The monoisotopic (exact) mass is 398 g/mol. The Bertz CT molecular complexity index is 875. The summed E-state index contributed by atoms with van der Waals surface area (Å²) in [7, 11) is 4.69. The maximum absolute atomic E-state index is 12.7. The van der Waals surface area contributed by atoms with Crippen molar-refractivity contribution in [2.24, 2.45) is 0 Å². The Morgan fingerprint density at radius 3 is 2.21 bits per heavy atom. The van der Waals surface area contributed by atoms with Crippen LogP contribution >= 0.6 is 0 Å². The quantitative estimate of drug-likeness (QED) is 0.667. The SMILES string of the molecule is COc1cccc(C(=O)N2CCN(CC(=O)c3ccc(OC)c(OC)c3)CC2)c1. The van der Waals surface area contributed by atoms with E-state index < -0.39 is 0 Å². The molecule has 0 aromatic heterocycles. The van der Waals surface area contributed by atoms with Crippen molar-refractivity contribution >= 4 is 11.7 Å². The number of carbonyl (C=O) groups excluding carboxylic acids is 2. The van der Waals surface area contributed by atoms with Crippen molar-refractivity contribution in [3.8, 4) is 17.2 Å². The van der Waals surface area contributed by atoms with Gasteiger partial charge >= 0.3 is 0 Å². The van der Waals surface area contributed by atoms with Gasteiger partial charge in [-0.15, -0.1) is 0 Å². The summed E-state index contributed by atoms with van der Waals surface area (Å²) in [5.41, 5.74) is 1.19. The standard InChI is InChI=1S/C22H26N2O5/c1-27-18-6-4-5-17(13-18)22(26)24-11-9-23(10-12-24)15-19(25)16-7-8-20(28-2)21(14-16)29-3/h4-8,13-14H,9-12,15H2,1-3H3. The number of hydrogen-bond acceptors (Lipinski definition) is 6. The molecular formula is C22H26N2O5. The third-order valence-electron chi connectivity index (χ3n) is 5.05. The molecule has 7 nitrogen and oxygen atoms in total. The van der Waals surface area contributed by atoms with E-state index in [1.165, 1.54) is 0 Å². The fraction of sp³-hybridized carbons (Fsp3) is 0.364. The third kappa shape index (κ3) is 4.86. The van der Waals surface area contributed by atoms with Crippen molar-refractivity contribution in [1.29, 1.82) is 0 Å². The highest BCUT2D eigenvalue weighted by Gasteiger charge is 2.24. The molecule has 154 valence electrons. The molecule has 3 rings (SSSR count). The van der Waals surface area contributed by atoms with Gasteiger partial charge in [-0.3, -0.25) is 14.5 Å². The van der Waals surface area contributed by atoms with Gasteiger partial charge in [0.05, 0.1) is 27.9 Å². The molecule has 1 fully saturated rings. The average molecular weight is 398 g/mol. The van der Waals surface area contributed by atoms with Gasteiger partial charge in [0.15, 0.2) is 17.3 Å². The van der Waals surface area contributed by atoms with Gasteiger partial charge in [-0.25, -0.2) is 0 Å².